The van der Waals surface area contributed by atoms with Gasteiger partial charge in [-0.25, -0.2) is 4.79 Å². The molecule has 16 heavy (non-hydrogen) atoms. The Kier molecular flexibility index (Phi) is 2.18. The average Bonchev–Trinajstić information content (AvgIpc) is 2.54. The molecule has 0 saturated carbocycles. The Bertz CT molecular complexity index is 447. The quantitative estimate of drug-likeness (QED) is 0.551. The third-order valence-corrected chi connectivity index (χ3v) is 3.00. The number of aromatic hydroxyl groups is 1. The summed E-state index contributed by atoms with van der Waals surface area (Å²) in [5.41, 5.74) is 0.349. The number of nitrogens with zero attached hydrogens (tertiary/aromatic N) is 1. The van der Waals surface area contributed by atoms with Gasteiger partial charge in [0.25, 0.3) is 0 Å². The molecule has 0 saturated heterocycles. The number of anilines is 2. The minimum absolute atomic E-state index is 0.122. The Morgan fingerprint density at radius 3 is 2.81 bits per heavy atom. The highest BCUT2D eigenvalue weighted by Gasteiger charge is 2.45. The van der Waals surface area contributed by atoms with Crippen LogP contribution in [0.4, 0.5) is 11.4 Å². The van der Waals surface area contributed by atoms with Gasteiger partial charge in [-0.05, 0) is 19.1 Å². The summed E-state index contributed by atoms with van der Waals surface area (Å²) in [5, 5.41) is 12.7. The topological polar surface area (TPSA) is 61.8 Å². The summed E-state index contributed by atoms with van der Waals surface area (Å²) in [7, 11) is 3.11. The fraction of sp³-hybridized carbons (Fsp3) is 0.364. The molecule has 86 valence electrons. The number of nitrogens with one attached hydrogen (secondary N) is 1. The van der Waals surface area contributed by atoms with Gasteiger partial charge in [-0.2, -0.15) is 0 Å². The van der Waals surface area contributed by atoms with Crippen molar-refractivity contribution in [3.63, 3.8) is 0 Å². The zero-order valence-electron chi connectivity index (χ0n) is 9.44. The first-order valence-electron chi connectivity index (χ1n) is 4.93. The molecule has 0 fully saturated rings. The molecule has 1 atom stereocenters. The van der Waals surface area contributed by atoms with Crippen LogP contribution in [0.15, 0.2) is 18.2 Å². The maximum atomic E-state index is 11.7. The smallest absolute Gasteiger partial charge is 0.352 e. The number of hydrogen-bond donors (Lipinski definition) is 2. The molecular formula is C11H14N2O3. The Morgan fingerprint density at radius 1 is 1.56 bits per heavy atom. The van der Waals surface area contributed by atoms with E-state index in [9.17, 15) is 9.90 Å². The predicted molar refractivity (Wildman–Crippen MR) is 60.6 cm³/mol. The first-order valence-corrected chi connectivity index (χ1v) is 4.93. The van der Waals surface area contributed by atoms with Crippen LogP contribution in [0.1, 0.15) is 6.92 Å². The number of ether oxygens (including phenoxy) is 1. The summed E-state index contributed by atoms with van der Waals surface area (Å²) < 4.78 is 4.75. The standard InChI is InChI=1S/C11H14N2O3/c1-11(10(15)16-3)12-9-7(13(11)2)5-4-6-8(9)14/h4-6,12,14H,1-3H3. The fourth-order valence-corrected chi connectivity index (χ4v) is 1.89. The molecule has 0 amide bonds. The molecule has 1 unspecified atom stereocenters. The van der Waals surface area contributed by atoms with Crippen LogP contribution in [-0.4, -0.2) is 30.9 Å². The zero-order chi connectivity index (χ0) is 11.9. The largest absolute Gasteiger partial charge is 0.506 e. The summed E-state index contributed by atoms with van der Waals surface area (Å²) in [5.74, 6) is -0.275. The number of carbonyl (C=O) groups excluding carboxylic acids is 1. The molecular weight excluding hydrogens is 208 g/mol. The Hall–Kier alpha value is -1.91. The Labute approximate surface area is 93.6 Å². The summed E-state index contributed by atoms with van der Waals surface area (Å²) >= 11 is 0. The van der Waals surface area contributed by atoms with Gasteiger partial charge in [-0.3, -0.25) is 0 Å². The van der Waals surface area contributed by atoms with E-state index in [1.54, 1.807) is 31.0 Å². The van der Waals surface area contributed by atoms with E-state index in [4.69, 9.17) is 4.74 Å². The van der Waals surface area contributed by atoms with Crippen LogP contribution in [0.25, 0.3) is 0 Å². The van der Waals surface area contributed by atoms with E-state index >= 15 is 0 Å². The van der Waals surface area contributed by atoms with Crippen molar-refractivity contribution in [2.45, 2.75) is 12.6 Å². The first-order chi connectivity index (χ1) is 7.50. The number of esters is 1. The lowest BCUT2D eigenvalue weighted by Crippen LogP contribution is -2.53. The van der Waals surface area contributed by atoms with Crippen LogP contribution >= 0.6 is 0 Å². The number of para-hydroxylation sites is 1. The lowest BCUT2D eigenvalue weighted by molar-refractivity contribution is -0.145. The lowest BCUT2D eigenvalue weighted by Gasteiger charge is -2.30. The average molecular weight is 222 g/mol. The van der Waals surface area contributed by atoms with E-state index < -0.39 is 11.6 Å². The molecule has 5 nitrogen and oxygen atoms in total. The van der Waals surface area contributed by atoms with Gasteiger partial charge in [0, 0.05) is 7.05 Å². The van der Waals surface area contributed by atoms with Crippen molar-refractivity contribution in [1.82, 2.24) is 0 Å². The lowest BCUT2D eigenvalue weighted by atomic mass is 10.2. The maximum absolute atomic E-state index is 11.7. The predicted octanol–water partition coefficient (Wildman–Crippen LogP) is 1.14. The summed E-state index contributed by atoms with van der Waals surface area (Å²) in [6.07, 6.45) is 0. The second-order valence-corrected chi connectivity index (χ2v) is 3.92. The number of phenols is 1. The van der Waals surface area contributed by atoms with E-state index in [1.807, 2.05) is 6.07 Å². The highest BCUT2D eigenvalue weighted by Crippen LogP contribution is 2.44. The van der Waals surface area contributed by atoms with Gasteiger partial charge in [0.15, 0.2) is 0 Å². The molecule has 1 aliphatic heterocycles. The van der Waals surface area contributed by atoms with Crippen LogP contribution in [0, 0.1) is 0 Å². The number of benzene rings is 1. The third kappa shape index (κ3) is 1.21. The van der Waals surface area contributed by atoms with Crippen LogP contribution in [0.3, 0.4) is 0 Å². The van der Waals surface area contributed by atoms with Crippen molar-refractivity contribution in [2.24, 2.45) is 0 Å². The van der Waals surface area contributed by atoms with E-state index in [2.05, 4.69) is 5.32 Å². The van der Waals surface area contributed by atoms with E-state index in [1.165, 1.54) is 7.11 Å². The Morgan fingerprint density at radius 2 is 2.25 bits per heavy atom. The number of phenolic OH excluding ortho intramolecular Hbond substituents is 1. The minimum atomic E-state index is -0.976. The monoisotopic (exact) mass is 222 g/mol. The molecule has 0 aromatic heterocycles. The molecule has 2 rings (SSSR count). The van der Waals surface area contributed by atoms with Crippen molar-refractivity contribution < 1.29 is 14.6 Å². The molecule has 1 aromatic carbocycles. The van der Waals surface area contributed by atoms with Crippen molar-refractivity contribution in [3.05, 3.63) is 18.2 Å². The van der Waals surface area contributed by atoms with Gasteiger partial charge in [-0.15, -0.1) is 0 Å². The van der Waals surface area contributed by atoms with Gasteiger partial charge in [0.2, 0.25) is 5.66 Å². The molecule has 5 heteroatoms. The molecule has 0 spiro atoms. The normalized spacial score (nSPS) is 22.6. The van der Waals surface area contributed by atoms with E-state index in [0.29, 0.717) is 5.69 Å². The van der Waals surface area contributed by atoms with E-state index in [0.717, 1.165) is 5.69 Å². The van der Waals surface area contributed by atoms with Crippen molar-refractivity contribution in [2.75, 3.05) is 24.4 Å². The van der Waals surface area contributed by atoms with Crippen molar-refractivity contribution in [1.29, 1.82) is 0 Å². The van der Waals surface area contributed by atoms with Gasteiger partial charge < -0.3 is 20.1 Å². The summed E-state index contributed by atoms with van der Waals surface area (Å²) in [4.78, 5) is 13.5. The van der Waals surface area contributed by atoms with Crippen LogP contribution in [0.2, 0.25) is 0 Å². The van der Waals surface area contributed by atoms with Crippen LogP contribution in [0.5, 0.6) is 5.75 Å². The second kappa shape index (κ2) is 3.30. The molecule has 1 aromatic rings. The second-order valence-electron chi connectivity index (χ2n) is 3.92. The number of likely N-dealkylation sites (N-methyl/N-ethyl adjacent to an activating group) is 1. The number of carbonyl (C=O) groups is 1. The SMILES string of the molecule is COC(=O)C1(C)Nc2c(O)cccc2N1C. The van der Waals surface area contributed by atoms with Crippen LogP contribution < -0.4 is 10.2 Å². The highest BCUT2D eigenvalue weighted by atomic mass is 16.5. The van der Waals surface area contributed by atoms with Gasteiger partial charge >= 0.3 is 5.97 Å². The zero-order valence-corrected chi connectivity index (χ0v) is 9.44. The minimum Gasteiger partial charge on any atom is -0.506 e. The van der Waals surface area contributed by atoms with Crippen molar-refractivity contribution >= 4 is 17.3 Å². The molecule has 1 heterocycles. The third-order valence-electron chi connectivity index (χ3n) is 3.00. The summed E-state index contributed by atoms with van der Waals surface area (Å²) in [6.45, 7) is 1.71. The van der Waals surface area contributed by atoms with Gasteiger partial charge in [0.05, 0.1) is 12.8 Å². The molecule has 0 radical (unpaired) electrons. The van der Waals surface area contributed by atoms with Gasteiger partial charge in [0.1, 0.15) is 11.4 Å². The molecule has 1 aliphatic rings. The number of methoxy groups -OCH3 is 1. The van der Waals surface area contributed by atoms with Crippen molar-refractivity contribution in [3.8, 4) is 5.75 Å². The number of rotatable bonds is 1. The fourth-order valence-electron chi connectivity index (χ4n) is 1.89. The number of hydrogen-bond acceptors (Lipinski definition) is 5. The Balaban J connectivity index is 2.48. The summed E-state index contributed by atoms with van der Waals surface area (Å²) in [6, 6.07) is 5.13. The molecule has 0 aliphatic carbocycles. The molecule has 0 bridgehead atoms. The highest BCUT2D eigenvalue weighted by molar-refractivity contribution is 5.96. The molecule has 2 N–H and O–H groups in total. The number of fused-ring (bicyclic) bond motifs is 1. The van der Waals surface area contributed by atoms with Gasteiger partial charge in [-0.1, -0.05) is 6.07 Å². The maximum Gasteiger partial charge on any atom is 0.352 e. The van der Waals surface area contributed by atoms with Crippen LogP contribution in [-0.2, 0) is 9.53 Å². The van der Waals surface area contributed by atoms with E-state index in [-0.39, 0.29) is 5.75 Å². The first kappa shape index (κ1) is 10.6.